The van der Waals surface area contributed by atoms with Crippen LogP contribution in [0.2, 0.25) is 0 Å². The van der Waals surface area contributed by atoms with Gasteiger partial charge in [0, 0.05) is 43.8 Å². The fraction of sp³-hybridized carbons (Fsp3) is 0.457. The summed E-state index contributed by atoms with van der Waals surface area (Å²) >= 11 is 0. The number of sulfonamides is 1. The maximum atomic E-state index is 14.1. The normalized spacial score (nSPS) is 22.1. The molecule has 4 amide bonds. The fourth-order valence-corrected chi connectivity index (χ4v) is 7.64. The largest absolute Gasteiger partial charge is 0.481 e. The Labute approximate surface area is 295 Å². The van der Waals surface area contributed by atoms with Gasteiger partial charge in [-0.1, -0.05) is 49.6 Å². The molecule has 2 aromatic carbocycles. The van der Waals surface area contributed by atoms with Crippen molar-refractivity contribution in [3.05, 3.63) is 72.1 Å². The van der Waals surface area contributed by atoms with Gasteiger partial charge in [0.25, 0.3) is 15.9 Å². The number of unbranched alkanes of at least 4 members (excludes halogenated alkanes) is 4. The van der Waals surface area contributed by atoms with E-state index in [2.05, 4.69) is 27.3 Å². The number of nitrogens with zero attached hydrogens (tertiary/aromatic N) is 1. The van der Waals surface area contributed by atoms with Crippen LogP contribution >= 0.6 is 0 Å². The molecule has 2 heterocycles. The van der Waals surface area contributed by atoms with Gasteiger partial charge in [-0.3, -0.25) is 24.1 Å². The lowest BCUT2D eigenvalue weighted by molar-refractivity contribution is -0.137. The zero-order chi connectivity index (χ0) is 36.8. The van der Waals surface area contributed by atoms with Crippen LogP contribution in [0.15, 0.2) is 60.0 Å². The number of hydrogen-bond acceptors (Lipinski definition) is 9. The molecule has 5 N–H and O–H groups in total. The van der Waals surface area contributed by atoms with Crippen molar-refractivity contribution in [2.24, 2.45) is 5.92 Å². The van der Waals surface area contributed by atoms with Crippen LogP contribution in [0.1, 0.15) is 68.9 Å². The molecule has 1 saturated heterocycles. The lowest BCUT2D eigenvalue weighted by Crippen LogP contribution is -2.55. The SMILES string of the molecule is C=C[C@@H]1C[C@]1(NC(=O)[C@@H]1C[C@@H](OC(=O)N2Cc3cccc(F)c3C2)CN1)C(=O)NS(=O)(=O)c1ccccc1NC(=O)CCCCCCCC(=O)O. The predicted molar refractivity (Wildman–Crippen MR) is 182 cm³/mol. The molecule has 0 spiro atoms. The van der Waals surface area contributed by atoms with Gasteiger partial charge in [0.15, 0.2) is 0 Å². The summed E-state index contributed by atoms with van der Waals surface area (Å²) in [5.41, 5.74) is -0.470. The molecule has 2 aromatic rings. The Kier molecular flexibility index (Phi) is 11.8. The van der Waals surface area contributed by atoms with E-state index in [9.17, 15) is 36.8 Å². The minimum absolute atomic E-state index is 0.0166. The summed E-state index contributed by atoms with van der Waals surface area (Å²) in [6.45, 7) is 4.14. The van der Waals surface area contributed by atoms with Crippen molar-refractivity contribution in [1.29, 1.82) is 0 Å². The summed E-state index contributed by atoms with van der Waals surface area (Å²) in [4.78, 5) is 64.0. The van der Waals surface area contributed by atoms with E-state index in [4.69, 9.17) is 9.84 Å². The maximum absolute atomic E-state index is 14.1. The number of carboxylic acid groups (broad SMARTS) is 1. The Balaban J connectivity index is 1.13. The van der Waals surface area contributed by atoms with Gasteiger partial charge in [-0.25, -0.2) is 22.3 Å². The number of fused-ring (bicyclic) bond motifs is 1. The molecule has 0 unspecified atom stereocenters. The Morgan fingerprint density at radius 2 is 1.75 bits per heavy atom. The molecule has 2 fully saturated rings. The Morgan fingerprint density at radius 1 is 1.02 bits per heavy atom. The van der Waals surface area contributed by atoms with E-state index in [0.29, 0.717) is 30.4 Å². The topological polar surface area (TPSA) is 200 Å². The molecule has 3 aliphatic rings. The standard InChI is InChI=1S/C35H42FN5O9S/c1-2-23-18-35(23,39-32(45)28-17-24(19-37-28)50-34(47)41-20-22-11-10-12-26(36)25(22)21-41)33(46)40-51(48,49)29-14-9-8-13-27(29)38-30(42)15-6-4-3-5-7-16-31(43)44/h2,8-14,23-24,28,37H,1,3-7,15-21H2,(H,38,42)(H,39,45)(H,40,46)(H,43,44)/t23-,24-,28+,35-/m1/s1. The monoisotopic (exact) mass is 727 g/mol. The average Bonchev–Trinajstić information content (AvgIpc) is 3.37. The summed E-state index contributed by atoms with van der Waals surface area (Å²) in [5.74, 6) is -3.77. The number of aliphatic carboxylic acids is 1. The summed E-state index contributed by atoms with van der Waals surface area (Å²) < 4.78 is 48.7. The first-order valence-corrected chi connectivity index (χ1v) is 18.4. The minimum atomic E-state index is -4.51. The Bertz CT molecular complexity index is 1800. The number of anilines is 1. The third-order valence-corrected chi connectivity index (χ3v) is 10.8. The van der Waals surface area contributed by atoms with Gasteiger partial charge in [0.2, 0.25) is 11.8 Å². The molecule has 4 atom stereocenters. The van der Waals surface area contributed by atoms with Gasteiger partial charge >= 0.3 is 12.1 Å². The number of ether oxygens (including phenoxy) is 1. The highest BCUT2D eigenvalue weighted by Crippen LogP contribution is 2.45. The number of carbonyl (C=O) groups is 5. The van der Waals surface area contributed by atoms with Crippen LogP contribution < -0.4 is 20.7 Å². The third kappa shape index (κ3) is 9.10. The number of para-hydroxylation sites is 1. The summed E-state index contributed by atoms with van der Waals surface area (Å²) in [5, 5.41) is 17.0. The molecular weight excluding hydrogens is 685 g/mol. The van der Waals surface area contributed by atoms with E-state index >= 15 is 0 Å². The number of carbonyl (C=O) groups excluding carboxylic acids is 4. The summed E-state index contributed by atoms with van der Waals surface area (Å²) in [7, 11) is -4.51. The van der Waals surface area contributed by atoms with Crippen LogP contribution in [-0.2, 0) is 47.0 Å². The molecular formula is C35H42FN5O9S. The Morgan fingerprint density at radius 3 is 2.45 bits per heavy atom. The first-order chi connectivity index (χ1) is 24.3. The van der Waals surface area contributed by atoms with Crippen molar-refractivity contribution in [1.82, 2.24) is 20.3 Å². The molecule has 0 bridgehead atoms. The van der Waals surface area contributed by atoms with Gasteiger partial charge in [0.1, 0.15) is 22.4 Å². The molecule has 0 aromatic heterocycles. The molecule has 1 aliphatic carbocycles. The van der Waals surface area contributed by atoms with Crippen LogP contribution in [0.5, 0.6) is 0 Å². The second-order valence-electron chi connectivity index (χ2n) is 13.1. The number of halogens is 1. The second kappa shape index (κ2) is 16.0. The van der Waals surface area contributed by atoms with Crippen molar-refractivity contribution in [2.45, 2.75) is 93.5 Å². The maximum Gasteiger partial charge on any atom is 0.410 e. The van der Waals surface area contributed by atoms with E-state index in [0.717, 1.165) is 12.8 Å². The quantitative estimate of drug-likeness (QED) is 0.126. The van der Waals surface area contributed by atoms with Gasteiger partial charge in [-0.15, -0.1) is 6.58 Å². The van der Waals surface area contributed by atoms with Crippen LogP contribution in [0, 0.1) is 11.7 Å². The molecule has 51 heavy (non-hydrogen) atoms. The van der Waals surface area contributed by atoms with Crippen molar-refractivity contribution >= 4 is 45.5 Å². The number of nitrogens with one attached hydrogen (secondary N) is 4. The first kappa shape index (κ1) is 37.4. The molecule has 5 rings (SSSR count). The highest BCUT2D eigenvalue weighted by molar-refractivity contribution is 7.90. The summed E-state index contributed by atoms with van der Waals surface area (Å²) in [6.07, 6.45) is 3.87. The highest BCUT2D eigenvalue weighted by Gasteiger charge is 2.61. The van der Waals surface area contributed by atoms with Gasteiger partial charge in [0.05, 0.1) is 18.3 Å². The van der Waals surface area contributed by atoms with Crippen LogP contribution in [0.25, 0.3) is 0 Å². The molecule has 16 heteroatoms. The average molecular weight is 728 g/mol. The van der Waals surface area contributed by atoms with Crippen LogP contribution in [0.4, 0.5) is 14.9 Å². The van der Waals surface area contributed by atoms with Gasteiger partial charge < -0.3 is 25.8 Å². The first-order valence-electron chi connectivity index (χ1n) is 16.9. The van der Waals surface area contributed by atoms with E-state index in [1.165, 1.54) is 41.3 Å². The molecule has 14 nitrogen and oxygen atoms in total. The summed E-state index contributed by atoms with van der Waals surface area (Å²) in [6, 6.07) is 9.44. The lowest BCUT2D eigenvalue weighted by Gasteiger charge is -2.22. The number of carboxylic acids is 1. The second-order valence-corrected chi connectivity index (χ2v) is 14.7. The Hall–Kier alpha value is -4.83. The molecule has 274 valence electrons. The van der Waals surface area contributed by atoms with Gasteiger partial charge in [-0.05, 0) is 43.0 Å². The van der Waals surface area contributed by atoms with E-state index in [1.54, 1.807) is 12.1 Å². The van der Waals surface area contributed by atoms with Crippen molar-refractivity contribution < 1.29 is 46.6 Å². The third-order valence-electron chi connectivity index (χ3n) is 9.38. The van der Waals surface area contributed by atoms with Crippen molar-refractivity contribution in [2.75, 3.05) is 11.9 Å². The number of amides is 4. The lowest BCUT2D eigenvalue weighted by atomic mass is 10.1. The zero-order valence-corrected chi connectivity index (χ0v) is 28.8. The predicted octanol–water partition coefficient (Wildman–Crippen LogP) is 3.33. The molecule has 2 aliphatic heterocycles. The fourth-order valence-electron chi connectivity index (χ4n) is 6.44. The van der Waals surface area contributed by atoms with Crippen LogP contribution in [0.3, 0.4) is 0 Å². The smallest absolute Gasteiger partial charge is 0.410 e. The highest BCUT2D eigenvalue weighted by atomic mass is 32.2. The molecule has 1 saturated carbocycles. The zero-order valence-electron chi connectivity index (χ0n) is 28.0. The van der Waals surface area contributed by atoms with Crippen LogP contribution in [-0.4, -0.2) is 72.4 Å². The molecule has 0 radical (unpaired) electrons. The number of hydrogen-bond donors (Lipinski definition) is 5. The van der Waals surface area contributed by atoms with Gasteiger partial charge in [-0.2, -0.15) is 0 Å². The minimum Gasteiger partial charge on any atom is -0.481 e. The van der Waals surface area contributed by atoms with Crippen molar-refractivity contribution in [3.63, 3.8) is 0 Å². The number of rotatable bonds is 16. The van der Waals surface area contributed by atoms with Crippen molar-refractivity contribution in [3.8, 4) is 0 Å². The van der Waals surface area contributed by atoms with E-state index < -0.39 is 69.2 Å². The van der Waals surface area contributed by atoms with E-state index in [1.807, 2.05) is 0 Å². The van der Waals surface area contributed by atoms with E-state index in [-0.39, 0.29) is 55.9 Å². The number of benzene rings is 2.